The molecule has 0 atom stereocenters. The molecule has 0 fully saturated rings. The van der Waals surface area contributed by atoms with Crippen LogP contribution in [0, 0.1) is 0 Å². The summed E-state index contributed by atoms with van der Waals surface area (Å²) < 4.78 is 12.8. The van der Waals surface area contributed by atoms with Gasteiger partial charge in [0.25, 0.3) is 0 Å². The number of nitrogens with zero attached hydrogens (tertiary/aromatic N) is 2. The van der Waals surface area contributed by atoms with Gasteiger partial charge in [0.15, 0.2) is 0 Å². The molecule has 0 unspecified atom stereocenters. The number of ether oxygens (including phenoxy) is 2. The zero-order chi connectivity index (χ0) is 13.9. The van der Waals surface area contributed by atoms with Gasteiger partial charge in [-0.1, -0.05) is 0 Å². The number of hydrogen-bond donors (Lipinski definition) is 0. The summed E-state index contributed by atoms with van der Waals surface area (Å²) in [5.74, 6) is 1.99. The highest BCUT2D eigenvalue weighted by atomic mass is 16.5. The van der Waals surface area contributed by atoms with E-state index in [-0.39, 0.29) is 0 Å². The third-order valence-corrected chi connectivity index (χ3v) is 3.94. The van der Waals surface area contributed by atoms with Gasteiger partial charge in [0.1, 0.15) is 18.3 Å². The Kier molecular flexibility index (Phi) is 3.74. The van der Waals surface area contributed by atoms with Crippen molar-refractivity contribution in [2.75, 3.05) is 14.2 Å². The topological polar surface area (TPSA) is 36.3 Å². The second-order valence-corrected chi connectivity index (χ2v) is 5.12. The molecule has 20 heavy (non-hydrogen) atoms. The molecule has 0 aliphatic heterocycles. The van der Waals surface area contributed by atoms with E-state index >= 15 is 0 Å². The lowest BCUT2D eigenvalue weighted by Crippen LogP contribution is -2.09. The summed E-state index contributed by atoms with van der Waals surface area (Å²) in [5.41, 5.74) is 3.95. The number of aromatic nitrogens is 2. The van der Waals surface area contributed by atoms with Crippen LogP contribution in [0.4, 0.5) is 0 Å². The molecule has 1 aliphatic rings. The van der Waals surface area contributed by atoms with Crippen LogP contribution in [0.5, 0.6) is 5.75 Å². The van der Waals surface area contributed by atoms with Crippen molar-refractivity contribution in [3.63, 3.8) is 0 Å². The Hall–Kier alpha value is -1.81. The lowest BCUT2D eigenvalue weighted by molar-refractivity contribution is 0.132. The summed E-state index contributed by atoms with van der Waals surface area (Å²) in [4.78, 5) is 4.51. The van der Waals surface area contributed by atoms with Gasteiger partial charge in [-0.2, -0.15) is 0 Å². The molecule has 0 bridgehead atoms. The van der Waals surface area contributed by atoms with Crippen LogP contribution in [0.2, 0.25) is 0 Å². The van der Waals surface area contributed by atoms with Crippen molar-refractivity contribution in [2.24, 2.45) is 0 Å². The van der Waals surface area contributed by atoms with E-state index in [0.29, 0.717) is 6.73 Å². The highest BCUT2D eigenvalue weighted by Crippen LogP contribution is 2.36. The summed E-state index contributed by atoms with van der Waals surface area (Å²) in [6.07, 6.45) is 8.45. The Labute approximate surface area is 119 Å². The third-order valence-electron chi connectivity index (χ3n) is 3.94. The molecule has 0 saturated heterocycles. The number of imidazole rings is 1. The molecular weight excluding hydrogens is 252 g/mol. The zero-order valence-corrected chi connectivity index (χ0v) is 12.1. The molecule has 4 heteroatoms. The smallest absolute Gasteiger partial charge is 0.142 e. The standard InChI is InChI=1S/C16H20N2O2/c1-19-11-18-10-9-17-16(18)14-7-8-15(20-2)13-6-4-3-5-12(13)14/h7-10H,3-6,11H2,1-2H3. The predicted molar refractivity (Wildman–Crippen MR) is 77.9 cm³/mol. The quantitative estimate of drug-likeness (QED) is 0.858. The minimum atomic E-state index is 0.524. The SMILES string of the molecule is COCn1ccnc1-c1ccc(OC)c2c1CCCC2. The first kappa shape index (κ1) is 13.2. The first-order valence-corrected chi connectivity index (χ1v) is 7.04. The van der Waals surface area contributed by atoms with Gasteiger partial charge in [0.2, 0.25) is 0 Å². The van der Waals surface area contributed by atoms with E-state index in [1.54, 1.807) is 14.2 Å². The van der Waals surface area contributed by atoms with E-state index in [0.717, 1.165) is 24.4 Å². The van der Waals surface area contributed by atoms with Crippen molar-refractivity contribution >= 4 is 0 Å². The predicted octanol–water partition coefficient (Wildman–Crippen LogP) is 3.04. The van der Waals surface area contributed by atoms with E-state index in [1.165, 1.54) is 29.5 Å². The summed E-state index contributed by atoms with van der Waals surface area (Å²) in [6.45, 7) is 0.524. The van der Waals surface area contributed by atoms with E-state index in [2.05, 4.69) is 17.1 Å². The number of benzene rings is 1. The average Bonchev–Trinajstić information content (AvgIpc) is 2.94. The summed E-state index contributed by atoms with van der Waals surface area (Å²) in [6, 6.07) is 4.18. The normalized spacial score (nSPS) is 14.1. The van der Waals surface area contributed by atoms with Crippen LogP contribution >= 0.6 is 0 Å². The van der Waals surface area contributed by atoms with Crippen LogP contribution < -0.4 is 4.74 Å². The van der Waals surface area contributed by atoms with Crippen molar-refractivity contribution in [1.82, 2.24) is 9.55 Å². The maximum Gasteiger partial charge on any atom is 0.142 e. The Morgan fingerprint density at radius 3 is 2.70 bits per heavy atom. The van der Waals surface area contributed by atoms with Gasteiger partial charge in [-0.15, -0.1) is 0 Å². The first-order valence-electron chi connectivity index (χ1n) is 7.04. The number of methoxy groups -OCH3 is 2. The van der Waals surface area contributed by atoms with Crippen LogP contribution in [0.3, 0.4) is 0 Å². The Bertz CT molecular complexity index is 605. The van der Waals surface area contributed by atoms with Crippen molar-refractivity contribution < 1.29 is 9.47 Å². The highest BCUT2D eigenvalue weighted by molar-refractivity contribution is 5.66. The number of rotatable bonds is 4. The molecule has 2 aromatic rings. The molecule has 4 nitrogen and oxygen atoms in total. The molecule has 0 radical (unpaired) electrons. The van der Waals surface area contributed by atoms with Crippen molar-refractivity contribution in [3.8, 4) is 17.1 Å². The van der Waals surface area contributed by atoms with Crippen LogP contribution in [-0.4, -0.2) is 23.8 Å². The van der Waals surface area contributed by atoms with Crippen molar-refractivity contribution in [3.05, 3.63) is 35.7 Å². The lowest BCUT2D eigenvalue weighted by atomic mass is 9.87. The van der Waals surface area contributed by atoms with Gasteiger partial charge >= 0.3 is 0 Å². The van der Waals surface area contributed by atoms with Crippen molar-refractivity contribution in [2.45, 2.75) is 32.4 Å². The molecule has 1 aliphatic carbocycles. The summed E-state index contributed by atoms with van der Waals surface area (Å²) >= 11 is 0. The Balaban J connectivity index is 2.12. The molecule has 0 spiro atoms. The fourth-order valence-corrected chi connectivity index (χ4v) is 3.03. The van der Waals surface area contributed by atoms with Gasteiger partial charge in [-0.3, -0.25) is 0 Å². The fraction of sp³-hybridized carbons (Fsp3) is 0.438. The van der Waals surface area contributed by atoms with E-state index < -0.39 is 0 Å². The highest BCUT2D eigenvalue weighted by Gasteiger charge is 2.20. The lowest BCUT2D eigenvalue weighted by Gasteiger charge is -2.22. The van der Waals surface area contributed by atoms with Gasteiger partial charge in [0, 0.05) is 25.1 Å². The fourth-order valence-electron chi connectivity index (χ4n) is 3.03. The van der Waals surface area contributed by atoms with E-state index in [1.807, 2.05) is 17.0 Å². The average molecular weight is 272 g/mol. The molecule has 3 rings (SSSR count). The molecule has 0 N–H and O–H groups in total. The third kappa shape index (κ3) is 2.20. The minimum Gasteiger partial charge on any atom is -0.496 e. The van der Waals surface area contributed by atoms with Crippen LogP contribution in [0.25, 0.3) is 11.4 Å². The molecule has 0 saturated carbocycles. The van der Waals surface area contributed by atoms with Gasteiger partial charge < -0.3 is 14.0 Å². The van der Waals surface area contributed by atoms with E-state index in [9.17, 15) is 0 Å². The van der Waals surface area contributed by atoms with Gasteiger partial charge in [-0.05, 0) is 48.9 Å². The maximum atomic E-state index is 5.51. The second-order valence-electron chi connectivity index (χ2n) is 5.12. The van der Waals surface area contributed by atoms with Crippen LogP contribution in [0.1, 0.15) is 24.0 Å². The second kappa shape index (κ2) is 5.67. The van der Waals surface area contributed by atoms with Crippen molar-refractivity contribution in [1.29, 1.82) is 0 Å². The Morgan fingerprint density at radius 1 is 1.15 bits per heavy atom. The number of fused-ring (bicyclic) bond motifs is 1. The Morgan fingerprint density at radius 2 is 1.95 bits per heavy atom. The summed E-state index contributed by atoms with van der Waals surface area (Å²) in [7, 11) is 3.45. The summed E-state index contributed by atoms with van der Waals surface area (Å²) in [5, 5.41) is 0. The van der Waals surface area contributed by atoms with Gasteiger partial charge in [-0.25, -0.2) is 4.98 Å². The van der Waals surface area contributed by atoms with Crippen LogP contribution in [0.15, 0.2) is 24.5 Å². The maximum absolute atomic E-state index is 5.51. The molecular formula is C16H20N2O2. The molecule has 0 amide bonds. The molecule has 1 aromatic carbocycles. The van der Waals surface area contributed by atoms with Crippen LogP contribution in [-0.2, 0) is 24.3 Å². The minimum absolute atomic E-state index is 0.524. The molecule has 1 heterocycles. The largest absolute Gasteiger partial charge is 0.496 e. The molecule has 1 aromatic heterocycles. The first-order chi connectivity index (χ1) is 9.85. The molecule has 106 valence electrons. The number of hydrogen-bond acceptors (Lipinski definition) is 3. The van der Waals surface area contributed by atoms with E-state index in [4.69, 9.17) is 9.47 Å². The zero-order valence-electron chi connectivity index (χ0n) is 12.1. The van der Waals surface area contributed by atoms with Gasteiger partial charge in [0.05, 0.1) is 7.11 Å². The monoisotopic (exact) mass is 272 g/mol.